The van der Waals surface area contributed by atoms with Gasteiger partial charge in [-0.3, -0.25) is 0 Å². The Morgan fingerprint density at radius 3 is 2.62 bits per heavy atom. The first-order chi connectivity index (χ1) is 11.6. The zero-order chi connectivity index (χ0) is 17.5. The van der Waals surface area contributed by atoms with Gasteiger partial charge >= 0.3 is 0 Å². The summed E-state index contributed by atoms with van der Waals surface area (Å²) in [5.41, 5.74) is 9.91. The molecule has 0 aromatic carbocycles. The number of nitrogen functional groups attached to an aromatic ring is 1. The van der Waals surface area contributed by atoms with Crippen molar-refractivity contribution in [1.82, 2.24) is 9.97 Å². The second-order valence-electron chi connectivity index (χ2n) is 6.00. The molecule has 0 aliphatic carbocycles. The van der Waals surface area contributed by atoms with E-state index in [2.05, 4.69) is 29.1 Å². The number of anilines is 2. The SMILES string of the molecule is CCCCC(CC)Nc1nccc(-c2ccc(OC)nc2C)c1N. The van der Waals surface area contributed by atoms with Gasteiger partial charge in [0.1, 0.15) is 5.82 Å². The molecule has 1 atom stereocenters. The number of aryl methyl sites for hydroxylation is 1. The number of rotatable bonds is 8. The maximum Gasteiger partial charge on any atom is 0.213 e. The van der Waals surface area contributed by atoms with Crippen LogP contribution in [-0.2, 0) is 0 Å². The zero-order valence-electron chi connectivity index (χ0n) is 15.1. The topological polar surface area (TPSA) is 73.1 Å². The number of nitrogens with two attached hydrogens (primary N) is 1. The van der Waals surface area contributed by atoms with Crippen molar-refractivity contribution in [2.45, 2.75) is 52.5 Å². The lowest BCUT2D eigenvalue weighted by atomic mass is 10.0. The minimum Gasteiger partial charge on any atom is -0.481 e. The first-order valence-corrected chi connectivity index (χ1v) is 8.63. The van der Waals surface area contributed by atoms with Crippen LogP contribution < -0.4 is 15.8 Å². The van der Waals surface area contributed by atoms with Gasteiger partial charge in [0.15, 0.2) is 0 Å². The van der Waals surface area contributed by atoms with E-state index in [1.54, 1.807) is 13.3 Å². The number of hydrogen-bond acceptors (Lipinski definition) is 5. The molecule has 0 aliphatic rings. The van der Waals surface area contributed by atoms with Crippen LogP contribution in [0.15, 0.2) is 24.4 Å². The number of methoxy groups -OCH3 is 1. The van der Waals surface area contributed by atoms with E-state index in [0.717, 1.165) is 35.5 Å². The molecule has 0 aliphatic heterocycles. The van der Waals surface area contributed by atoms with Gasteiger partial charge in [0.05, 0.1) is 12.8 Å². The Balaban J connectivity index is 2.30. The molecular weight excluding hydrogens is 300 g/mol. The molecule has 1 unspecified atom stereocenters. The minimum atomic E-state index is 0.394. The van der Waals surface area contributed by atoms with Crippen LogP contribution in [0.4, 0.5) is 11.5 Å². The first kappa shape index (κ1) is 18.0. The fraction of sp³-hybridized carbons (Fsp3) is 0.474. The lowest BCUT2D eigenvalue weighted by molar-refractivity contribution is 0.397. The molecule has 2 aromatic rings. The van der Waals surface area contributed by atoms with Crippen molar-refractivity contribution in [1.29, 1.82) is 0 Å². The molecule has 2 aromatic heterocycles. The van der Waals surface area contributed by atoms with E-state index in [1.807, 2.05) is 25.1 Å². The second-order valence-corrected chi connectivity index (χ2v) is 6.00. The van der Waals surface area contributed by atoms with E-state index < -0.39 is 0 Å². The summed E-state index contributed by atoms with van der Waals surface area (Å²) in [7, 11) is 1.62. The van der Waals surface area contributed by atoms with Gasteiger partial charge in [0, 0.05) is 35.1 Å². The van der Waals surface area contributed by atoms with Crippen LogP contribution in [0.3, 0.4) is 0 Å². The van der Waals surface area contributed by atoms with Gasteiger partial charge in [-0.2, -0.15) is 0 Å². The summed E-state index contributed by atoms with van der Waals surface area (Å²) in [6.45, 7) is 6.35. The number of pyridine rings is 2. The summed E-state index contributed by atoms with van der Waals surface area (Å²) < 4.78 is 5.18. The minimum absolute atomic E-state index is 0.394. The Bertz CT molecular complexity index is 672. The molecule has 130 valence electrons. The summed E-state index contributed by atoms with van der Waals surface area (Å²) in [6.07, 6.45) is 6.37. The van der Waals surface area contributed by atoms with Gasteiger partial charge in [-0.25, -0.2) is 9.97 Å². The second kappa shape index (κ2) is 8.52. The fourth-order valence-electron chi connectivity index (χ4n) is 2.78. The van der Waals surface area contributed by atoms with Gasteiger partial charge in [-0.15, -0.1) is 0 Å². The molecule has 0 bridgehead atoms. The molecule has 0 fully saturated rings. The zero-order valence-corrected chi connectivity index (χ0v) is 15.1. The van der Waals surface area contributed by atoms with Crippen molar-refractivity contribution in [3.8, 4) is 17.0 Å². The Labute approximate surface area is 144 Å². The maximum absolute atomic E-state index is 6.40. The lowest BCUT2D eigenvalue weighted by Gasteiger charge is -2.20. The standard InChI is InChI=1S/C19H28N4O/c1-5-7-8-14(6-2)23-19-18(20)16(11-12-21-19)15-9-10-17(24-4)22-13(15)3/h9-12,14H,5-8,20H2,1-4H3,(H,21,23). The van der Waals surface area contributed by atoms with Crippen molar-refractivity contribution in [3.63, 3.8) is 0 Å². The summed E-state index contributed by atoms with van der Waals surface area (Å²) in [5.74, 6) is 1.36. The number of unbranched alkanes of at least 4 members (excludes halogenated alkanes) is 1. The molecule has 0 saturated carbocycles. The molecule has 0 radical (unpaired) electrons. The van der Waals surface area contributed by atoms with E-state index in [1.165, 1.54) is 12.8 Å². The van der Waals surface area contributed by atoms with E-state index >= 15 is 0 Å². The van der Waals surface area contributed by atoms with Crippen LogP contribution in [0, 0.1) is 6.92 Å². The van der Waals surface area contributed by atoms with Crippen LogP contribution in [0.5, 0.6) is 5.88 Å². The molecule has 5 nitrogen and oxygen atoms in total. The van der Waals surface area contributed by atoms with Gasteiger partial charge in [-0.05, 0) is 31.9 Å². The van der Waals surface area contributed by atoms with Crippen LogP contribution in [0.2, 0.25) is 0 Å². The number of nitrogens with one attached hydrogen (secondary N) is 1. The third-order valence-electron chi connectivity index (χ3n) is 4.29. The normalized spacial score (nSPS) is 12.0. The highest BCUT2D eigenvalue weighted by atomic mass is 16.5. The van der Waals surface area contributed by atoms with Gasteiger partial charge < -0.3 is 15.8 Å². The van der Waals surface area contributed by atoms with E-state index in [9.17, 15) is 0 Å². The summed E-state index contributed by atoms with van der Waals surface area (Å²) in [4.78, 5) is 8.88. The number of ether oxygens (including phenoxy) is 1. The molecule has 0 spiro atoms. The van der Waals surface area contributed by atoms with Crippen molar-refractivity contribution >= 4 is 11.5 Å². The quantitative estimate of drug-likeness (QED) is 0.750. The van der Waals surface area contributed by atoms with Gasteiger partial charge in [-0.1, -0.05) is 26.7 Å². The van der Waals surface area contributed by atoms with Crippen LogP contribution in [0.1, 0.15) is 45.2 Å². The van der Waals surface area contributed by atoms with E-state index in [4.69, 9.17) is 10.5 Å². The van der Waals surface area contributed by atoms with E-state index in [-0.39, 0.29) is 0 Å². The summed E-state index contributed by atoms with van der Waals surface area (Å²) in [5, 5.41) is 3.50. The van der Waals surface area contributed by atoms with E-state index in [0.29, 0.717) is 17.6 Å². The molecule has 0 amide bonds. The molecule has 3 N–H and O–H groups in total. The van der Waals surface area contributed by atoms with Gasteiger partial charge in [0.2, 0.25) is 5.88 Å². The number of aromatic nitrogens is 2. The van der Waals surface area contributed by atoms with Gasteiger partial charge in [0.25, 0.3) is 0 Å². The molecule has 24 heavy (non-hydrogen) atoms. The third kappa shape index (κ3) is 4.16. The Hall–Kier alpha value is -2.30. The van der Waals surface area contributed by atoms with Crippen molar-refractivity contribution in [2.24, 2.45) is 0 Å². The Morgan fingerprint density at radius 2 is 2.00 bits per heavy atom. The first-order valence-electron chi connectivity index (χ1n) is 8.63. The number of hydrogen-bond donors (Lipinski definition) is 2. The monoisotopic (exact) mass is 328 g/mol. The summed E-state index contributed by atoms with van der Waals surface area (Å²) in [6, 6.07) is 6.17. The largest absolute Gasteiger partial charge is 0.481 e. The highest BCUT2D eigenvalue weighted by Gasteiger charge is 2.14. The molecule has 0 saturated heterocycles. The maximum atomic E-state index is 6.40. The predicted molar refractivity (Wildman–Crippen MR) is 100 cm³/mol. The Kier molecular flexibility index (Phi) is 6.41. The van der Waals surface area contributed by atoms with Crippen molar-refractivity contribution in [3.05, 3.63) is 30.1 Å². The molecule has 2 heterocycles. The highest BCUT2D eigenvalue weighted by Crippen LogP contribution is 2.33. The van der Waals surface area contributed by atoms with Crippen molar-refractivity contribution in [2.75, 3.05) is 18.2 Å². The predicted octanol–water partition coefficient (Wildman–Crippen LogP) is 4.42. The Morgan fingerprint density at radius 1 is 1.21 bits per heavy atom. The number of nitrogens with zero attached hydrogens (tertiary/aromatic N) is 2. The van der Waals surface area contributed by atoms with Crippen LogP contribution in [0.25, 0.3) is 11.1 Å². The van der Waals surface area contributed by atoms with Crippen molar-refractivity contribution < 1.29 is 4.74 Å². The summed E-state index contributed by atoms with van der Waals surface area (Å²) >= 11 is 0. The molecule has 5 heteroatoms. The highest BCUT2D eigenvalue weighted by molar-refractivity contribution is 5.84. The average Bonchev–Trinajstić information content (AvgIpc) is 2.60. The average molecular weight is 328 g/mol. The third-order valence-corrected chi connectivity index (χ3v) is 4.29. The van der Waals surface area contributed by atoms with Crippen LogP contribution >= 0.6 is 0 Å². The smallest absolute Gasteiger partial charge is 0.213 e. The van der Waals surface area contributed by atoms with Crippen LogP contribution in [-0.4, -0.2) is 23.1 Å². The lowest BCUT2D eigenvalue weighted by Crippen LogP contribution is -2.20. The molecule has 2 rings (SSSR count). The molecular formula is C19H28N4O. The fourth-order valence-corrected chi connectivity index (χ4v) is 2.78.